The van der Waals surface area contributed by atoms with Gasteiger partial charge in [-0.15, -0.1) is 0 Å². The van der Waals surface area contributed by atoms with E-state index in [2.05, 4.69) is 0 Å². The van der Waals surface area contributed by atoms with Gasteiger partial charge in [0.15, 0.2) is 0 Å². The summed E-state index contributed by atoms with van der Waals surface area (Å²) in [6.07, 6.45) is 1.54. The fraction of sp³-hybridized carbons (Fsp3) is 0.462. The van der Waals surface area contributed by atoms with Crippen molar-refractivity contribution in [3.8, 4) is 0 Å². The summed E-state index contributed by atoms with van der Waals surface area (Å²) in [6, 6.07) is 9.65. The SMILES string of the molecule is O=C(c1ccccc1)N1CC2CC1CC2O. The highest BCUT2D eigenvalue weighted by Gasteiger charge is 2.45. The van der Waals surface area contributed by atoms with E-state index in [0.717, 1.165) is 24.9 Å². The highest BCUT2D eigenvalue weighted by molar-refractivity contribution is 5.94. The van der Waals surface area contributed by atoms with Crippen LogP contribution >= 0.6 is 0 Å². The highest BCUT2D eigenvalue weighted by atomic mass is 16.3. The molecule has 3 atom stereocenters. The molecule has 2 bridgehead atoms. The monoisotopic (exact) mass is 217 g/mol. The van der Waals surface area contributed by atoms with E-state index in [9.17, 15) is 9.90 Å². The first kappa shape index (κ1) is 9.85. The standard InChI is InChI=1S/C13H15NO2/c15-12-7-11-6-10(12)8-14(11)13(16)9-4-2-1-3-5-9/h1-5,10-12,15H,6-8H2. The van der Waals surface area contributed by atoms with Crippen LogP contribution in [0.25, 0.3) is 0 Å². The number of amides is 1. The fourth-order valence-corrected chi connectivity index (χ4v) is 2.92. The van der Waals surface area contributed by atoms with Crippen molar-refractivity contribution in [1.29, 1.82) is 0 Å². The van der Waals surface area contributed by atoms with Crippen molar-refractivity contribution in [2.24, 2.45) is 5.92 Å². The largest absolute Gasteiger partial charge is 0.393 e. The maximum Gasteiger partial charge on any atom is 0.254 e. The Morgan fingerprint density at radius 1 is 1.25 bits per heavy atom. The Hall–Kier alpha value is -1.35. The lowest BCUT2D eigenvalue weighted by atomic mass is 10.1. The smallest absolute Gasteiger partial charge is 0.254 e. The Balaban J connectivity index is 1.79. The second-order valence-electron chi connectivity index (χ2n) is 4.78. The minimum absolute atomic E-state index is 0.111. The first-order chi connectivity index (χ1) is 7.75. The van der Waals surface area contributed by atoms with Crippen LogP contribution in [-0.2, 0) is 0 Å². The number of carbonyl (C=O) groups is 1. The third kappa shape index (κ3) is 1.43. The summed E-state index contributed by atoms with van der Waals surface area (Å²) in [5.74, 6) is 0.415. The van der Waals surface area contributed by atoms with Crippen molar-refractivity contribution in [3.05, 3.63) is 35.9 Å². The van der Waals surface area contributed by atoms with Crippen LogP contribution in [0, 0.1) is 5.92 Å². The van der Waals surface area contributed by atoms with Gasteiger partial charge in [0, 0.05) is 24.1 Å². The maximum atomic E-state index is 12.2. The van der Waals surface area contributed by atoms with Gasteiger partial charge in [-0.2, -0.15) is 0 Å². The normalized spacial score (nSPS) is 32.1. The van der Waals surface area contributed by atoms with E-state index in [0.29, 0.717) is 5.92 Å². The molecule has 1 aromatic carbocycles. The van der Waals surface area contributed by atoms with Crippen molar-refractivity contribution >= 4 is 5.91 Å². The van der Waals surface area contributed by atoms with E-state index in [1.807, 2.05) is 35.2 Å². The van der Waals surface area contributed by atoms with Crippen LogP contribution in [0.4, 0.5) is 0 Å². The Kier molecular flexibility index (Phi) is 2.21. The van der Waals surface area contributed by atoms with Crippen molar-refractivity contribution in [3.63, 3.8) is 0 Å². The van der Waals surface area contributed by atoms with Crippen molar-refractivity contribution in [1.82, 2.24) is 4.90 Å². The Morgan fingerprint density at radius 3 is 2.56 bits per heavy atom. The van der Waals surface area contributed by atoms with Gasteiger partial charge in [-0.05, 0) is 25.0 Å². The van der Waals surface area contributed by atoms with Crippen molar-refractivity contribution in [2.45, 2.75) is 25.0 Å². The van der Waals surface area contributed by atoms with E-state index in [1.54, 1.807) is 0 Å². The van der Waals surface area contributed by atoms with E-state index >= 15 is 0 Å². The number of hydrogen-bond donors (Lipinski definition) is 1. The van der Waals surface area contributed by atoms with Gasteiger partial charge in [0.25, 0.3) is 5.91 Å². The first-order valence-electron chi connectivity index (χ1n) is 5.80. The van der Waals surface area contributed by atoms with Gasteiger partial charge in [-0.1, -0.05) is 18.2 Å². The predicted molar refractivity (Wildman–Crippen MR) is 60.0 cm³/mol. The number of aliphatic hydroxyl groups is 1. The summed E-state index contributed by atoms with van der Waals surface area (Å²) in [5, 5.41) is 9.65. The molecule has 1 aromatic rings. The highest BCUT2D eigenvalue weighted by Crippen LogP contribution is 2.38. The van der Waals surface area contributed by atoms with E-state index in [4.69, 9.17) is 0 Å². The Bertz CT molecular complexity index is 402. The molecule has 1 aliphatic carbocycles. The van der Waals surface area contributed by atoms with Crippen molar-refractivity contribution in [2.75, 3.05) is 6.54 Å². The van der Waals surface area contributed by atoms with E-state index in [1.165, 1.54) is 0 Å². The van der Waals surface area contributed by atoms with Crippen LogP contribution in [0.5, 0.6) is 0 Å². The minimum Gasteiger partial charge on any atom is -0.393 e. The molecule has 1 N–H and O–H groups in total. The quantitative estimate of drug-likeness (QED) is 0.770. The van der Waals surface area contributed by atoms with Gasteiger partial charge in [0.2, 0.25) is 0 Å². The number of aliphatic hydroxyl groups excluding tert-OH is 1. The summed E-state index contributed by atoms with van der Waals surface area (Å²) in [6.45, 7) is 0.722. The Morgan fingerprint density at radius 2 is 2.00 bits per heavy atom. The van der Waals surface area contributed by atoms with Gasteiger partial charge in [-0.25, -0.2) is 0 Å². The number of carbonyl (C=O) groups excluding carboxylic acids is 1. The van der Waals surface area contributed by atoms with Crippen LogP contribution in [0.1, 0.15) is 23.2 Å². The Labute approximate surface area is 94.7 Å². The lowest BCUT2D eigenvalue weighted by Crippen LogP contribution is -2.41. The summed E-state index contributed by atoms with van der Waals surface area (Å²) >= 11 is 0. The molecule has 0 spiro atoms. The number of nitrogens with zero attached hydrogens (tertiary/aromatic N) is 1. The van der Waals surface area contributed by atoms with Crippen LogP contribution < -0.4 is 0 Å². The molecule has 84 valence electrons. The molecule has 3 unspecified atom stereocenters. The number of likely N-dealkylation sites (tertiary alicyclic amines) is 1. The second kappa shape index (κ2) is 3.59. The third-order valence-electron chi connectivity index (χ3n) is 3.79. The molecule has 3 rings (SSSR count). The molecule has 3 nitrogen and oxygen atoms in total. The number of benzene rings is 1. The number of hydrogen-bond acceptors (Lipinski definition) is 2. The van der Waals surface area contributed by atoms with Gasteiger partial charge >= 0.3 is 0 Å². The average molecular weight is 217 g/mol. The summed E-state index contributed by atoms with van der Waals surface area (Å²) in [7, 11) is 0. The lowest BCUT2D eigenvalue weighted by Gasteiger charge is -2.29. The average Bonchev–Trinajstić information content (AvgIpc) is 2.88. The molecule has 3 heteroatoms. The molecule has 2 fully saturated rings. The zero-order chi connectivity index (χ0) is 11.1. The van der Waals surface area contributed by atoms with Gasteiger partial charge in [0.1, 0.15) is 0 Å². The minimum atomic E-state index is -0.190. The molecule has 1 amide bonds. The lowest BCUT2D eigenvalue weighted by molar-refractivity contribution is 0.0516. The molecule has 2 aliphatic rings. The molecular weight excluding hydrogens is 202 g/mol. The number of piperidine rings is 1. The van der Waals surface area contributed by atoms with Gasteiger partial charge in [-0.3, -0.25) is 4.79 Å². The maximum absolute atomic E-state index is 12.2. The summed E-state index contributed by atoms with van der Waals surface area (Å²) < 4.78 is 0. The molecular formula is C13H15NO2. The molecule has 1 heterocycles. The fourth-order valence-electron chi connectivity index (χ4n) is 2.92. The van der Waals surface area contributed by atoms with E-state index < -0.39 is 0 Å². The van der Waals surface area contributed by atoms with Gasteiger partial charge < -0.3 is 10.0 Å². The topological polar surface area (TPSA) is 40.5 Å². The predicted octanol–water partition coefficient (Wildman–Crippen LogP) is 1.28. The van der Waals surface area contributed by atoms with E-state index in [-0.39, 0.29) is 18.1 Å². The van der Waals surface area contributed by atoms with Crippen LogP contribution in [0.2, 0.25) is 0 Å². The molecule has 0 radical (unpaired) electrons. The molecule has 1 saturated carbocycles. The number of fused-ring (bicyclic) bond motifs is 2. The number of rotatable bonds is 1. The van der Waals surface area contributed by atoms with Gasteiger partial charge in [0.05, 0.1) is 6.10 Å². The molecule has 1 aliphatic heterocycles. The first-order valence-corrected chi connectivity index (χ1v) is 5.80. The molecule has 0 aromatic heterocycles. The molecule has 1 saturated heterocycles. The zero-order valence-electron chi connectivity index (χ0n) is 9.04. The molecule has 16 heavy (non-hydrogen) atoms. The second-order valence-corrected chi connectivity index (χ2v) is 4.78. The van der Waals surface area contributed by atoms with Crippen molar-refractivity contribution < 1.29 is 9.90 Å². The third-order valence-corrected chi connectivity index (χ3v) is 3.79. The summed E-state index contributed by atoms with van der Waals surface area (Å²) in [4.78, 5) is 14.1. The van der Waals surface area contributed by atoms with Crippen LogP contribution in [0.15, 0.2) is 30.3 Å². The zero-order valence-corrected chi connectivity index (χ0v) is 9.04. The van der Waals surface area contributed by atoms with Crippen LogP contribution in [0.3, 0.4) is 0 Å². The van der Waals surface area contributed by atoms with Crippen LogP contribution in [-0.4, -0.2) is 34.6 Å². The summed E-state index contributed by atoms with van der Waals surface area (Å²) in [5.41, 5.74) is 0.754.